The van der Waals surface area contributed by atoms with Gasteiger partial charge >= 0.3 is 5.97 Å². The van der Waals surface area contributed by atoms with Gasteiger partial charge in [0.05, 0.1) is 19.1 Å². The Morgan fingerprint density at radius 3 is 2.45 bits per heavy atom. The summed E-state index contributed by atoms with van der Waals surface area (Å²) in [6.45, 7) is 10.1. The van der Waals surface area contributed by atoms with E-state index < -0.39 is 5.97 Å². The van der Waals surface area contributed by atoms with Crippen LogP contribution < -0.4 is 4.90 Å². The van der Waals surface area contributed by atoms with Crippen molar-refractivity contribution in [1.82, 2.24) is 14.9 Å². The highest BCUT2D eigenvalue weighted by atomic mass is 16.5. The normalized spacial score (nSPS) is 10.6. The molecule has 0 atom stereocenters. The van der Waals surface area contributed by atoms with E-state index in [4.69, 9.17) is 15.0 Å². The van der Waals surface area contributed by atoms with Crippen molar-refractivity contribution in [2.75, 3.05) is 44.2 Å². The number of esters is 1. The van der Waals surface area contributed by atoms with Gasteiger partial charge in [-0.25, -0.2) is 14.8 Å². The van der Waals surface area contributed by atoms with Gasteiger partial charge < -0.3 is 14.5 Å². The van der Waals surface area contributed by atoms with Gasteiger partial charge in [-0.15, -0.1) is 0 Å². The molecule has 0 aliphatic heterocycles. The number of hydrogen-bond donors (Lipinski definition) is 0. The number of hydrogen-bond acceptors (Lipinski definition) is 7. The summed E-state index contributed by atoms with van der Waals surface area (Å²) in [6.07, 6.45) is 1.87. The van der Waals surface area contributed by atoms with Gasteiger partial charge in [0.2, 0.25) is 0 Å². The fraction of sp³-hybridized carbons (Fsp3) is 0.455. The number of likely N-dealkylation sites (N-methyl/N-ethyl adjacent to an activating group) is 1. The predicted molar refractivity (Wildman–Crippen MR) is 114 cm³/mol. The third-order valence-electron chi connectivity index (χ3n) is 4.67. The number of carbonyl (C=O) groups excluding carboxylic acids is 1. The van der Waals surface area contributed by atoms with Gasteiger partial charge in [-0.1, -0.05) is 44.2 Å². The number of nitriles is 1. The molecule has 2 aromatic rings. The largest absolute Gasteiger partial charge is 0.462 e. The van der Waals surface area contributed by atoms with Crippen LogP contribution in [0.2, 0.25) is 0 Å². The molecule has 154 valence electrons. The first-order valence-electron chi connectivity index (χ1n) is 10.1. The second-order valence-electron chi connectivity index (χ2n) is 6.44. The van der Waals surface area contributed by atoms with Crippen LogP contribution >= 0.6 is 0 Å². The van der Waals surface area contributed by atoms with E-state index >= 15 is 0 Å². The molecule has 0 amide bonds. The molecular weight excluding hydrogens is 366 g/mol. The Bertz CT molecular complexity index is 816. The Labute approximate surface area is 172 Å². The summed E-state index contributed by atoms with van der Waals surface area (Å²) < 4.78 is 5.22. The summed E-state index contributed by atoms with van der Waals surface area (Å²) in [5.41, 5.74) is 1.19. The van der Waals surface area contributed by atoms with Crippen molar-refractivity contribution >= 4 is 11.8 Å². The fourth-order valence-electron chi connectivity index (χ4n) is 3.00. The molecule has 0 bridgehead atoms. The first kappa shape index (κ1) is 22.3. The van der Waals surface area contributed by atoms with Gasteiger partial charge in [-0.3, -0.25) is 0 Å². The minimum atomic E-state index is -0.452. The Balaban J connectivity index is 2.45. The Kier molecular flexibility index (Phi) is 9.06. The van der Waals surface area contributed by atoms with Gasteiger partial charge in [0.25, 0.3) is 0 Å². The molecule has 0 N–H and O–H groups in total. The molecule has 2 rings (SSSR count). The van der Waals surface area contributed by atoms with E-state index in [1.54, 1.807) is 6.92 Å². The number of ether oxygens (including phenoxy) is 1. The van der Waals surface area contributed by atoms with E-state index in [2.05, 4.69) is 29.8 Å². The molecule has 0 unspecified atom stereocenters. The van der Waals surface area contributed by atoms with Crippen molar-refractivity contribution in [1.29, 1.82) is 5.26 Å². The van der Waals surface area contributed by atoms with Gasteiger partial charge in [-0.05, 0) is 20.0 Å². The molecule has 0 radical (unpaired) electrons. The number of anilines is 1. The smallest absolute Gasteiger partial charge is 0.343 e. The maximum atomic E-state index is 12.5. The number of nitrogens with zero attached hydrogens (tertiary/aromatic N) is 5. The number of benzene rings is 1. The van der Waals surface area contributed by atoms with Crippen LogP contribution in [0, 0.1) is 11.3 Å². The van der Waals surface area contributed by atoms with E-state index in [0.29, 0.717) is 36.7 Å². The zero-order chi connectivity index (χ0) is 21.1. The zero-order valence-electron chi connectivity index (χ0n) is 17.5. The fourth-order valence-corrected chi connectivity index (χ4v) is 3.00. The lowest BCUT2D eigenvalue weighted by Gasteiger charge is -2.28. The van der Waals surface area contributed by atoms with E-state index in [0.717, 1.165) is 25.2 Å². The summed E-state index contributed by atoms with van der Waals surface area (Å²) in [5.74, 6) is 0.602. The molecule has 0 spiro atoms. The van der Waals surface area contributed by atoms with Crippen molar-refractivity contribution in [3.05, 3.63) is 42.1 Å². The van der Waals surface area contributed by atoms with Crippen LogP contribution in [0.4, 0.5) is 5.82 Å². The third-order valence-corrected chi connectivity index (χ3v) is 4.67. The molecule has 29 heavy (non-hydrogen) atoms. The second-order valence-corrected chi connectivity index (χ2v) is 6.44. The van der Waals surface area contributed by atoms with Crippen LogP contribution in [0.15, 0.2) is 36.5 Å². The summed E-state index contributed by atoms with van der Waals surface area (Å²) in [6, 6.07) is 11.8. The van der Waals surface area contributed by atoms with Gasteiger partial charge in [-0.2, -0.15) is 5.26 Å². The van der Waals surface area contributed by atoms with E-state index in [1.807, 2.05) is 35.2 Å². The second kappa shape index (κ2) is 11.8. The van der Waals surface area contributed by atoms with Gasteiger partial charge in [0, 0.05) is 31.4 Å². The highest BCUT2D eigenvalue weighted by molar-refractivity contribution is 5.94. The van der Waals surface area contributed by atoms with Gasteiger partial charge in [0.1, 0.15) is 11.4 Å². The average molecular weight is 396 g/mol. The summed E-state index contributed by atoms with van der Waals surface area (Å²) in [4.78, 5) is 25.9. The van der Waals surface area contributed by atoms with Crippen LogP contribution in [0.1, 0.15) is 37.6 Å². The minimum Gasteiger partial charge on any atom is -0.462 e. The monoisotopic (exact) mass is 395 g/mol. The van der Waals surface area contributed by atoms with Crippen LogP contribution in [0.5, 0.6) is 0 Å². The predicted octanol–water partition coefficient (Wildman–Crippen LogP) is 3.38. The zero-order valence-corrected chi connectivity index (χ0v) is 17.5. The van der Waals surface area contributed by atoms with Gasteiger partial charge in [0.15, 0.2) is 5.82 Å². The highest BCUT2D eigenvalue weighted by Gasteiger charge is 2.22. The van der Waals surface area contributed by atoms with Crippen molar-refractivity contribution < 1.29 is 9.53 Å². The minimum absolute atomic E-state index is 0.274. The van der Waals surface area contributed by atoms with Crippen LogP contribution in [0.25, 0.3) is 11.4 Å². The Hall–Kier alpha value is -2.98. The third kappa shape index (κ3) is 6.26. The maximum Gasteiger partial charge on any atom is 0.343 e. The summed E-state index contributed by atoms with van der Waals surface area (Å²) in [5, 5.41) is 9.12. The first-order chi connectivity index (χ1) is 14.1. The summed E-state index contributed by atoms with van der Waals surface area (Å²) >= 11 is 0. The molecule has 7 nitrogen and oxygen atoms in total. The number of rotatable bonds is 11. The Morgan fingerprint density at radius 2 is 1.83 bits per heavy atom. The lowest BCUT2D eigenvalue weighted by Crippen LogP contribution is -2.37. The molecular formula is C22H29N5O2. The van der Waals surface area contributed by atoms with Crippen molar-refractivity contribution in [2.45, 2.75) is 27.2 Å². The topological polar surface area (TPSA) is 82.3 Å². The maximum absolute atomic E-state index is 12.5. The Morgan fingerprint density at radius 1 is 1.10 bits per heavy atom. The number of aromatic nitrogens is 2. The van der Waals surface area contributed by atoms with Crippen LogP contribution in [-0.2, 0) is 4.74 Å². The summed E-state index contributed by atoms with van der Waals surface area (Å²) in [7, 11) is 0. The average Bonchev–Trinajstić information content (AvgIpc) is 2.77. The van der Waals surface area contributed by atoms with Crippen molar-refractivity contribution in [3.63, 3.8) is 0 Å². The molecule has 0 fully saturated rings. The molecule has 1 heterocycles. The van der Waals surface area contributed by atoms with E-state index in [-0.39, 0.29) is 6.61 Å². The molecule has 0 aliphatic rings. The SMILES string of the molecule is CCOC(=O)c1cnc(-c2ccccc2)nc1N(CCC#N)CCN(CC)CC. The molecule has 1 aromatic carbocycles. The van der Waals surface area contributed by atoms with Crippen molar-refractivity contribution in [3.8, 4) is 17.5 Å². The van der Waals surface area contributed by atoms with Crippen LogP contribution in [-0.4, -0.2) is 60.2 Å². The van der Waals surface area contributed by atoms with E-state index in [1.165, 1.54) is 6.20 Å². The lowest BCUT2D eigenvalue weighted by molar-refractivity contribution is 0.0526. The molecule has 0 aliphatic carbocycles. The highest BCUT2D eigenvalue weighted by Crippen LogP contribution is 2.23. The van der Waals surface area contributed by atoms with Crippen LogP contribution in [0.3, 0.4) is 0 Å². The molecule has 7 heteroatoms. The quantitative estimate of drug-likeness (QED) is 0.539. The van der Waals surface area contributed by atoms with Crippen molar-refractivity contribution in [2.24, 2.45) is 0 Å². The first-order valence-corrected chi connectivity index (χ1v) is 10.1. The molecule has 0 saturated heterocycles. The lowest BCUT2D eigenvalue weighted by atomic mass is 10.2. The van der Waals surface area contributed by atoms with E-state index in [9.17, 15) is 4.79 Å². The number of carbonyl (C=O) groups is 1. The molecule has 1 aromatic heterocycles. The molecule has 0 saturated carbocycles. The standard InChI is InChI=1S/C22H29N5O2/c1-4-26(5-2)15-16-27(14-10-13-23)21-19(22(28)29-6-3)17-24-20(25-21)18-11-8-7-9-12-18/h7-9,11-12,17H,4-6,10,14-16H2,1-3H3.